The number of nitrogens with zero attached hydrogens (tertiary/aromatic N) is 2. The van der Waals surface area contributed by atoms with Gasteiger partial charge in [0.05, 0.1) is 13.0 Å². The largest absolute Gasteiger partial charge is 0.453 e. The Kier molecular flexibility index (Phi) is 10.2. The van der Waals surface area contributed by atoms with Crippen molar-refractivity contribution >= 4 is 35.2 Å². The third-order valence-corrected chi connectivity index (χ3v) is 4.57. The van der Waals surface area contributed by atoms with Gasteiger partial charge in [-0.1, -0.05) is 32.0 Å². The molecule has 0 fully saturated rings. The van der Waals surface area contributed by atoms with E-state index in [-0.39, 0.29) is 35.9 Å². The molecule has 8 nitrogen and oxygen atoms in total. The van der Waals surface area contributed by atoms with E-state index in [2.05, 4.69) is 0 Å². The van der Waals surface area contributed by atoms with Gasteiger partial charge in [-0.15, -0.1) is 0 Å². The molecule has 0 aliphatic carbocycles. The number of thiocarbonyl (C=S) groups is 1. The predicted molar refractivity (Wildman–Crippen MR) is 118 cm³/mol. The summed E-state index contributed by atoms with van der Waals surface area (Å²) in [5, 5.41) is -0.0852. The topological polar surface area (TPSA) is 102 Å². The number of rotatable bonds is 10. The highest BCUT2D eigenvalue weighted by molar-refractivity contribution is 7.79. The molecule has 0 heterocycles. The number of likely N-dealkylation sites (N-methyl/N-ethyl adjacent to an activating group) is 2. The molecule has 0 spiro atoms. The maximum atomic E-state index is 12.5. The Labute approximate surface area is 183 Å². The molecule has 0 aliphatic rings. The second kappa shape index (κ2) is 12.1. The minimum Gasteiger partial charge on any atom is -0.453 e. The molecule has 30 heavy (non-hydrogen) atoms. The Bertz CT molecular complexity index is 741. The molecule has 1 rings (SSSR count). The van der Waals surface area contributed by atoms with Crippen LogP contribution in [0, 0.1) is 5.92 Å². The van der Waals surface area contributed by atoms with Gasteiger partial charge in [0.2, 0.25) is 17.7 Å². The van der Waals surface area contributed by atoms with Gasteiger partial charge in [-0.25, -0.2) is 0 Å². The zero-order valence-electron chi connectivity index (χ0n) is 18.2. The van der Waals surface area contributed by atoms with Crippen molar-refractivity contribution in [2.24, 2.45) is 11.7 Å². The van der Waals surface area contributed by atoms with E-state index in [0.717, 1.165) is 0 Å². The minimum absolute atomic E-state index is 0.0109. The first-order valence-corrected chi connectivity index (χ1v) is 10.1. The lowest BCUT2D eigenvalue weighted by Crippen LogP contribution is -2.49. The van der Waals surface area contributed by atoms with Gasteiger partial charge < -0.3 is 25.0 Å². The van der Waals surface area contributed by atoms with Crippen molar-refractivity contribution < 1.29 is 23.9 Å². The highest BCUT2D eigenvalue weighted by atomic mass is 32.1. The summed E-state index contributed by atoms with van der Waals surface area (Å²) in [7, 11) is 3.03. The normalized spacial score (nSPS) is 12.6. The molecule has 1 aromatic rings. The van der Waals surface area contributed by atoms with Gasteiger partial charge >= 0.3 is 5.24 Å². The Morgan fingerprint density at radius 2 is 1.67 bits per heavy atom. The number of carbonyl (C=O) groups excluding carboxylic acids is 3. The van der Waals surface area contributed by atoms with Gasteiger partial charge in [-0.2, -0.15) is 0 Å². The van der Waals surface area contributed by atoms with Crippen molar-refractivity contribution in [3.05, 3.63) is 30.3 Å². The molecular weight excluding hydrogens is 406 g/mol. The second-order valence-electron chi connectivity index (χ2n) is 7.60. The van der Waals surface area contributed by atoms with Crippen molar-refractivity contribution in [3.63, 3.8) is 0 Å². The average molecular weight is 438 g/mol. The van der Waals surface area contributed by atoms with E-state index in [9.17, 15) is 14.4 Å². The summed E-state index contributed by atoms with van der Waals surface area (Å²) in [6, 6.07) is 8.22. The number of hydrogen-bond acceptors (Lipinski definition) is 6. The summed E-state index contributed by atoms with van der Waals surface area (Å²) in [5.74, 6) is -0.505. The zero-order valence-corrected chi connectivity index (χ0v) is 19.0. The van der Waals surface area contributed by atoms with Crippen molar-refractivity contribution in [3.8, 4) is 5.75 Å². The standard InChI is InChI=1S/C21H31N3O5S/c1-14(2)11-17(20(22)27)24(5)19(26)13-23(4)18(25)12-15(3)28-21(30)29-16-9-7-6-8-10-16/h6-10,14-15,17H,11-13H2,1-5H3,(H2,22,27)/t15?,17-/m0/s1. The molecule has 2 N–H and O–H groups in total. The van der Waals surface area contributed by atoms with E-state index in [1.165, 1.54) is 23.9 Å². The molecule has 0 bridgehead atoms. The van der Waals surface area contributed by atoms with Crippen LogP contribution in [-0.2, 0) is 19.1 Å². The lowest BCUT2D eigenvalue weighted by atomic mass is 10.0. The summed E-state index contributed by atoms with van der Waals surface area (Å²) < 4.78 is 10.8. The molecule has 1 unspecified atom stereocenters. The van der Waals surface area contributed by atoms with Gasteiger partial charge in [0.15, 0.2) is 0 Å². The van der Waals surface area contributed by atoms with Crippen LogP contribution in [-0.4, -0.2) is 65.5 Å². The Balaban J connectivity index is 2.53. The second-order valence-corrected chi connectivity index (χ2v) is 7.93. The minimum atomic E-state index is -0.712. The number of para-hydroxylation sites is 1. The molecule has 166 valence electrons. The molecular formula is C21H31N3O5S. The van der Waals surface area contributed by atoms with Crippen LogP contribution in [0.5, 0.6) is 5.75 Å². The van der Waals surface area contributed by atoms with Gasteiger partial charge in [0, 0.05) is 26.3 Å². The summed E-state index contributed by atoms with van der Waals surface area (Å²) in [5.41, 5.74) is 5.43. The first-order chi connectivity index (χ1) is 14.0. The van der Waals surface area contributed by atoms with Gasteiger partial charge in [-0.3, -0.25) is 14.4 Å². The Hall–Kier alpha value is -2.68. The lowest BCUT2D eigenvalue weighted by Gasteiger charge is -2.29. The number of carbonyl (C=O) groups is 3. The fraction of sp³-hybridized carbons (Fsp3) is 0.524. The van der Waals surface area contributed by atoms with Crippen molar-refractivity contribution in [2.75, 3.05) is 20.6 Å². The number of nitrogens with two attached hydrogens (primary N) is 1. The highest BCUT2D eigenvalue weighted by Crippen LogP contribution is 2.12. The van der Waals surface area contributed by atoms with E-state index >= 15 is 0 Å². The summed E-state index contributed by atoms with van der Waals surface area (Å²) >= 11 is 5.05. The van der Waals surface area contributed by atoms with Crippen molar-refractivity contribution in [1.29, 1.82) is 0 Å². The van der Waals surface area contributed by atoms with Gasteiger partial charge in [-0.05, 0) is 31.4 Å². The highest BCUT2D eigenvalue weighted by Gasteiger charge is 2.27. The predicted octanol–water partition coefficient (Wildman–Crippen LogP) is 1.96. The van der Waals surface area contributed by atoms with Gasteiger partial charge in [0.1, 0.15) is 17.9 Å². The smallest absolute Gasteiger partial charge is 0.358 e. The van der Waals surface area contributed by atoms with E-state index in [4.69, 9.17) is 27.4 Å². The fourth-order valence-corrected chi connectivity index (χ4v) is 2.97. The first-order valence-electron chi connectivity index (χ1n) is 9.73. The number of benzene rings is 1. The van der Waals surface area contributed by atoms with E-state index in [1.807, 2.05) is 19.9 Å². The van der Waals surface area contributed by atoms with Crippen LogP contribution in [0.1, 0.15) is 33.6 Å². The van der Waals surface area contributed by atoms with Gasteiger partial charge in [0.25, 0.3) is 0 Å². The lowest BCUT2D eigenvalue weighted by molar-refractivity contribution is -0.143. The number of hydrogen-bond donors (Lipinski definition) is 1. The van der Waals surface area contributed by atoms with E-state index in [0.29, 0.717) is 12.2 Å². The molecule has 2 atom stereocenters. The molecule has 1 aromatic carbocycles. The average Bonchev–Trinajstić information content (AvgIpc) is 2.65. The van der Waals surface area contributed by atoms with Crippen LogP contribution in [0.3, 0.4) is 0 Å². The molecule has 9 heteroatoms. The molecule has 0 aromatic heterocycles. The van der Waals surface area contributed by atoms with Crippen LogP contribution in [0.15, 0.2) is 30.3 Å². The molecule has 0 aliphatic heterocycles. The van der Waals surface area contributed by atoms with E-state index < -0.39 is 18.1 Å². The monoisotopic (exact) mass is 437 g/mol. The molecule has 3 amide bonds. The third-order valence-electron chi connectivity index (χ3n) is 4.39. The number of primary amides is 1. The van der Waals surface area contributed by atoms with Crippen molar-refractivity contribution in [1.82, 2.24) is 9.80 Å². The van der Waals surface area contributed by atoms with Crippen LogP contribution >= 0.6 is 12.2 Å². The summed E-state index contributed by atoms with van der Waals surface area (Å²) in [6.07, 6.45) is -0.0704. The maximum Gasteiger partial charge on any atom is 0.358 e. The van der Waals surface area contributed by atoms with Crippen molar-refractivity contribution in [2.45, 2.75) is 45.8 Å². The van der Waals surface area contributed by atoms with Crippen LogP contribution in [0.2, 0.25) is 0 Å². The maximum absolute atomic E-state index is 12.5. The Morgan fingerprint density at radius 3 is 2.20 bits per heavy atom. The molecule has 0 saturated heterocycles. The number of ether oxygens (including phenoxy) is 2. The first kappa shape index (κ1) is 25.4. The molecule has 0 radical (unpaired) electrons. The summed E-state index contributed by atoms with van der Waals surface area (Å²) in [6.45, 7) is 5.40. The third kappa shape index (κ3) is 8.77. The Morgan fingerprint density at radius 1 is 1.07 bits per heavy atom. The van der Waals surface area contributed by atoms with Crippen LogP contribution in [0.4, 0.5) is 0 Å². The van der Waals surface area contributed by atoms with Crippen LogP contribution in [0.25, 0.3) is 0 Å². The van der Waals surface area contributed by atoms with Crippen LogP contribution < -0.4 is 10.5 Å². The summed E-state index contributed by atoms with van der Waals surface area (Å²) in [4.78, 5) is 39.2. The fourth-order valence-electron chi connectivity index (χ4n) is 2.70. The van der Waals surface area contributed by atoms with E-state index in [1.54, 1.807) is 31.2 Å². The SMILES string of the molecule is CC(C)C[C@@H](C(N)=O)N(C)C(=O)CN(C)C(=O)CC(C)OC(=S)Oc1ccccc1. The quantitative estimate of drug-likeness (QED) is 0.562. The molecule has 0 saturated carbocycles. The number of amides is 3. The zero-order chi connectivity index (χ0) is 22.8.